The normalized spacial score (nSPS) is 26.8. The van der Waals surface area contributed by atoms with Crippen LogP contribution >= 0.6 is 0 Å². The Morgan fingerprint density at radius 3 is 1.70 bits per heavy atom. The van der Waals surface area contributed by atoms with Crippen LogP contribution in [0.15, 0.2) is 78.8 Å². The molecule has 0 amide bonds. The molecule has 12 N–H and O–H groups in total. The molecule has 15 heteroatoms. The van der Waals surface area contributed by atoms with Gasteiger partial charge in [0.25, 0.3) is 0 Å². The number of ether oxygens (including phenoxy) is 1. The molecule has 3 aliphatic heterocycles. The monoisotopic (exact) mass is 750 g/mol. The van der Waals surface area contributed by atoms with E-state index in [1.807, 2.05) is 11.1 Å². The molecule has 3 heterocycles. The summed E-state index contributed by atoms with van der Waals surface area (Å²) in [4.78, 5) is 6.42. The van der Waals surface area contributed by atoms with E-state index in [2.05, 4.69) is 82.4 Å². The largest absolute Gasteiger partial charge is 0.394 e. The van der Waals surface area contributed by atoms with Crippen molar-refractivity contribution in [1.29, 1.82) is 0 Å². The lowest BCUT2D eigenvalue weighted by molar-refractivity contribution is -0.286. The zero-order valence-corrected chi connectivity index (χ0v) is 30.4. The fraction of sp³-hybridized carbons (Fsp3) is 0.605. The van der Waals surface area contributed by atoms with Crippen LogP contribution in [0.3, 0.4) is 0 Å². The van der Waals surface area contributed by atoms with Crippen molar-refractivity contribution in [1.82, 2.24) is 9.91 Å². The van der Waals surface area contributed by atoms with Crippen molar-refractivity contribution >= 4 is 6.21 Å². The molecule has 0 aromatic heterocycles. The van der Waals surface area contributed by atoms with Crippen molar-refractivity contribution in [3.05, 3.63) is 84.9 Å². The first-order chi connectivity index (χ1) is 25.5. The number of hydrazine groups is 1. The Morgan fingerprint density at radius 1 is 0.736 bits per heavy atom. The molecule has 0 radical (unpaired) electrons. The second-order valence-electron chi connectivity index (χ2n) is 13.2. The van der Waals surface area contributed by atoms with Gasteiger partial charge >= 0.3 is 0 Å². The van der Waals surface area contributed by atoms with Gasteiger partial charge in [-0.15, -0.1) is 13.2 Å². The molecule has 3 saturated heterocycles. The van der Waals surface area contributed by atoms with Crippen molar-refractivity contribution in [2.24, 2.45) is 10.8 Å². The molecule has 5 rings (SSSR count). The molecule has 15 nitrogen and oxygen atoms in total. The number of aliphatic hydroxyl groups excluding tert-OH is 10. The summed E-state index contributed by atoms with van der Waals surface area (Å²) in [6.07, 6.45) is -7.37. The second-order valence-corrected chi connectivity index (χ2v) is 13.2. The fourth-order valence-electron chi connectivity index (χ4n) is 6.26. The zero-order chi connectivity index (χ0) is 39.3. The molecule has 9 atom stereocenters. The number of likely N-dealkylation sites (tertiary alicyclic amines) is 1. The van der Waals surface area contributed by atoms with Gasteiger partial charge in [0.15, 0.2) is 6.29 Å². The molecule has 9 unspecified atom stereocenters. The maximum Gasteiger partial charge on any atom is 0.184 e. The van der Waals surface area contributed by atoms with E-state index >= 15 is 0 Å². The highest BCUT2D eigenvalue weighted by Crippen LogP contribution is 2.28. The number of aliphatic imine (C=N–C) groups is 1. The summed E-state index contributed by atoms with van der Waals surface area (Å²) in [7, 11) is 0. The van der Waals surface area contributed by atoms with Gasteiger partial charge in [0.05, 0.1) is 19.8 Å². The van der Waals surface area contributed by atoms with Crippen LogP contribution in [0.25, 0.3) is 0 Å². The molecule has 3 fully saturated rings. The number of hydrogen-bond acceptors (Lipinski definition) is 15. The van der Waals surface area contributed by atoms with Crippen LogP contribution in [0.1, 0.15) is 48.6 Å². The predicted molar refractivity (Wildman–Crippen MR) is 201 cm³/mol. The second kappa shape index (κ2) is 25.4. The minimum Gasteiger partial charge on any atom is -0.394 e. The highest BCUT2D eigenvalue weighted by atomic mass is 16.6. The maximum atomic E-state index is 9.76. The van der Waals surface area contributed by atoms with Crippen LogP contribution in [0.2, 0.25) is 0 Å². The molecular formula is C38H62N4O11. The predicted octanol–water partition coefficient (Wildman–Crippen LogP) is -1.31. The Hall–Kier alpha value is -2.71. The number of nitrogens with two attached hydrogens (primary N) is 1. The summed E-state index contributed by atoms with van der Waals surface area (Å²) < 4.78 is 4.58. The van der Waals surface area contributed by atoms with Crippen LogP contribution in [0, 0.1) is 0 Å². The molecule has 0 aliphatic carbocycles. The van der Waals surface area contributed by atoms with Gasteiger partial charge in [-0.3, -0.25) is 10.8 Å². The number of piperidine rings is 2. The van der Waals surface area contributed by atoms with Crippen LogP contribution < -0.4 is 5.84 Å². The Bertz CT molecular complexity index is 1230. The maximum absolute atomic E-state index is 9.76. The van der Waals surface area contributed by atoms with E-state index in [0.717, 1.165) is 51.5 Å². The lowest BCUT2D eigenvalue weighted by atomic mass is 9.89. The number of rotatable bonds is 11. The van der Waals surface area contributed by atoms with E-state index in [0.29, 0.717) is 12.5 Å². The molecule has 0 bridgehead atoms. The highest BCUT2D eigenvalue weighted by molar-refractivity contribution is 5.63. The lowest BCUT2D eigenvalue weighted by Gasteiger charge is -2.37. The van der Waals surface area contributed by atoms with Crippen LogP contribution in [0.4, 0.5) is 0 Å². The quantitative estimate of drug-likeness (QED) is 0.0725. The minimum atomic E-state index is -1.63. The molecule has 2 aromatic rings. The third kappa shape index (κ3) is 15.5. The standard InChI is InChI=1S/C19H30N2O5.C11H16N2.C6H12O6.C2H4/c22-13-17(24)19(26)18(25)16(23)12-20-8-11-21-9-6-15(7-10-21)14-4-2-1-3-5-14;12-13-8-6-11(7-9-13)10-4-2-1-3-5-10;7-1-2-3(8)4(9)5(10)6(11)12-2;1-2/h1-5,12,15-19,22-26H,6-11,13H2;1-5,11H,6-9,12H2;2-11H,1H2;1-2H2. The van der Waals surface area contributed by atoms with Gasteiger partial charge < -0.3 is 60.7 Å². The topological polar surface area (TPSA) is 256 Å². The summed E-state index contributed by atoms with van der Waals surface area (Å²) >= 11 is 0. The summed E-state index contributed by atoms with van der Waals surface area (Å²) in [5.74, 6) is 7.04. The van der Waals surface area contributed by atoms with Gasteiger partial charge in [-0.05, 0) is 61.7 Å². The average molecular weight is 751 g/mol. The van der Waals surface area contributed by atoms with Gasteiger partial charge in [0, 0.05) is 25.8 Å². The molecular weight excluding hydrogens is 688 g/mol. The summed E-state index contributed by atoms with van der Waals surface area (Å²) in [6.45, 7) is 10.1. The Balaban J connectivity index is 0.000000299. The van der Waals surface area contributed by atoms with E-state index in [1.54, 1.807) is 0 Å². The molecule has 0 spiro atoms. The van der Waals surface area contributed by atoms with Crippen LogP contribution in [0.5, 0.6) is 0 Å². The van der Waals surface area contributed by atoms with E-state index < -0.39 is 68.3 Å². The Kier molecular flexibility index (Phi) is 22.2. The van der Waals surface area contributed by atoms with E-state index in [1.165, 1.54) is 30.2 Å². The van der Waals surface area contributed by atoms with Gasteiger partial charge in [-0.2, -0.15) is 0 Å². The summed E-state index contributed by atoms with van der Waals surface area (Å²) in [5, 5.41) is 93.6. The smallest absolute Gasteiger partial charge is 0.184 e. The van der Waals surface area contributed by atoms with Crippen molar-refractivity contribution in [3.8, 4) is 0 Å². The molecule has 2 aromatic carbocycles. The van der Waals surface area contributed by atoms with Crippen LogP contribution in [-0.2, 0) is 4.74 Å². The number of aliphatic hydroxyl groups is 10. The zero-order valence-electron chi connectivity index (χ0n) is 30.4. The van der Waals surface area contributed by atoms with E-state index in [4.69, 9.17) is 36.5 Å². The third-order valence-electron chi connectivity index (χ3n) is 9.61. The summed E-state index contributed by atoms with van der Waals surface area (Å²) in [5.41, 5.74) is 2.86. The van der Waals surface area contributed by atoms with Gasteiger partial charge in [0.1, 0.15) is 48.8 Å². The van der Waals surface area contributed by atoms with Crippen molar-refractivity contribution in [3.63, 3.8) is 0 Å². The van der Waals surface area contributed by atoms with E-state index in [-0.39, 0.29) is 0 Å². The number of benzene rings is 2. The minimum absolute atomic E-state index is 0.485. The SMILES string of the molecule is C=C.NN1CCC(c2ccccc2)CC1.OCC(O)C(O)C(O)C(O)C=NCCN1CCC(c2ccccc2)CC1.OCC1OC(O)C(O)C(O)C1O. The van der Waals surface area contributed by atoms with E-state index in [9.17, 15) is 20.4 Å². The van der Waals surface area contributed by atoms with Gasteiger partial charge in [-0.25, -0.2) is 5.01 Å². The Morgan fingerprint density at radius 2 is 1.23 bits per heavy atom. The number of nitrogens with zero attached hydrogens (tertiary/aromatic N) is 3. The number of hydrogen-bond donors (Lipinski definition) is 11. The van der Waals surface area contributed by atoms with Gasteiger partial charge in [0.2, 0.25) is 0 Å². The Labute approximate surface area is 312 Å². The van der Waals surface area contributed by atoms with Crippen molar-refractivity contribution in [2.75, 3.05) is 52.5 Å². The summed E-state index contributed by atoms with van der Waals surface area (Å²) in [6, 6.07) is 21.3. The fourth-order valence-corrected chi connectivity index (χ4v) is 6.26. The van der Waals surface area contributed by atoms with Gasteiger partial charge in [-0.1, -0.05) is 60.7 Å². The van der Waals surface area contributed by atoms with Crippen molar-refractivity contribution < 1.29 is 55.8 Å². The molecule has 3 aliphatic rings. The molecule has 300 valence electrons. The van der Waals surface area contributed by atoms with Crippen molar-refractivity contribution in [2.45, 2.75) is 92.6 Å². The average Bonchev–Trinajstić information content (AvgIpc) is 3.21. The van der Waals surface area contributed by atoms with Crippen LogP contribution in [-0.4, -0.2) is 175 Å². The first kappa shape index (κ1) is 46.4. The first-order valence-corrected chi connectivity index (χ1v) is 18.1. The third-order valence-corrected chi connectivity index (χ3v) is 9.61. The molecule has 0 saturated carbocycles. The highest BCUT2D eigenvalue weighted by Gasteiger charge is 2.42. The first-order valence-electron chi connectivity index (χ1n) is 18.1. The lowest BCUT2D eigenvalue weighted by Crippen LogP contribution is -2.58. The molecule has 53 heavy (non-hydrogen) atoms.